The van der Waals surface area contributed by atoms with Crippen molar-refractivity contribution in [3.63, 3.8) is 0 Å². The normalized spacial score (nSPS) is 16.5. The number of anilines is 2. The monoisotopic (exact) mass is 425 g/mol. The maximum absolute atomic E-state index is 13.4. The molecule has 7 heteroatoms. The summed E-state index contributed by atoms with van der Waals surface area (Å²) in [7, 11) is 0. The fourth-order valence-corrected chi connectivity index (χ4v) is 4.25. The lowest BCUT2D eigenvalue weighted by Gasteiger charge is -2.36. The molecule has 0 aliphatic carbocycles. The van der Waals surface area contributed by atoms with Gasteiger partial charge in [0.25, 0.3) is 5.91 Å². The summed E-state index contributed by atoms with van der Waals surface area (Å²) in [6.45, 7) is 10.8. The summed E-state index contributed by atoms with van der Waals surface area (Å²) in [4.78, 5) is 26.5. The predicted molar refractivity (Wildman–Crippen MR) is 122 cm³/mol. The van der Waals surface area contributed by atoms with Crippen molar-refractivity contribution in [1.82, 2.24) is 14.8 Å². The van der Waals surface area contributed by atoms with Gasteiger partial charge in [-0.25, -0.2) is 4.98 Å². The third-order valence-corrected chi connectivity index (χ3v) is 5.99. The molecule has 2 aliphatic heterocycles. The maximum Gasteiger partial charge on any atom is 0.256 e. The van der Waals surface area contributed by atoms with Crippen LogP contribution in [0.5, 0.6) is 0 Å². The highest BCUT2D eigenvalue weighted by molar-refractivity contribution is 6.31. The van der Waals surface area contributed by atoms with Crippen LogP contribution in [0.15, 0.2) is 42.9 Å². The van der Waals surface area contributed by atoms with Crippen molar-refractivity contribution in [3.8, 4) is 0 Å². The number of carbonyl (C=O) groups excluding carboxylic acids is 1. The van der Waals surface area contributed by atoms with Crippen molar-refractivity contribution in [3.05, 3.63) is 64.6 Å². The molecule has 0 unspecified atom stereocenters. The van der Waals surface area contributed by atoms with Crippen LogP contribution in [-0.2, 0) is 0 Å². The van der Waals surface area contributed by atoms with Crippen LogP contribution in [0.25, 0.3) is 0 Å². The Bertz CT molecular complexity index is 968. The summed E-state index contributed by atoms with van der Waals surface area (Å²) in [6, 6.07) is 7.68. The van der Waals surface area contributed by atoms with Crippen molar-refractivity contribution in [1.29, 1.82) is 0 Å². The molecule has 1 saturated heterocycles. The number of aromatic nitrogens is 1. The van der Waals surface area contributed by atoms with E-state index in [0.717, 1.165) is 43.4 Å². The number of nitrogens with zero attached hydrogens (tertiary/aromatic N) is 5. The van der Waals surface area contributed by atoms with Gasteiger partial charge in [0.1, 0.15) is 5.82 Å². The summed E-state index contributed by atoms with van der Waals surface area (Å²) < 4.78 is 0. The van der Waals surface area contributed by atoms with Crippen LogP contribution in [0, 0.1) is 13.8 Å². The Balaban J connectivity index is 1.49. The highest BCUT2D eigenvalue weighted by atomic mass is 35.5. The fraction of sp³-hybridized carbons (Fsp3) is 0.391. The minimum Gasteiger partial charge on any atom is -0.359 e. The number of benzene rings is 1. The van der Waals surface area contributed by atoms with Gasteiger partial charge in [0.15, 0.2) is 0 Å². The summed E-state index contributed by atoms with van der Waals surface area (Å²) in [6.07, 6.45) is 5.96. The lowest BCUT2D eigenvalue weighted by atomic mass is 10.1. The standard InChI is InChI=1S/C23H28ClN5O/c1-4-26-7-8-29(16-26)21-14-19(24)5-6-20(21)23(30)28-11-9-27(10-12-28)22-18(3)13-17(2)15-25-22/h5-8,13-15H,4,9-12,16H2,1-3H3. The SMILES string of the molecule is CCN1C=CN(c2cc(Cl)ccc2C(=O)N2CCN(c3ncc(C)cc3C)CC2)C1. The van der Waals surface area contributed by atoms with Gasteiger partial charge in [0.2, 0.25) is 0 Å². The van der Waals surface area contributed by atoms with E-state index in [1.165, 1.54) is 5.56 Å². The molecule has 4 rings (SSSR count). The maximum atomic E-state index is 13.4. The lowest BCUT2D eigenvalue weighted by molar-refractivity contribution is 0.0747. The molecule has 1 aromatic carbocycles. The molecule has 158 valence electrons. The van der Waals surface area contributed by atoms with Crippen LogP contribution in [-0.4, -0.2) is 60.1 Å². The van der Waals surface area contributed by atoms with E-state index in [-0.39, 0.29) is 5.91 Å². The number of hydrogen-bond acceptors (Lipinski definition) is 5. The number of carbonyl (C=O) groups is 1. The molecular formula is C23H28ClN5O. The topological polar surface area (TPSA) is 42.9 Å². The number of rotatable bonds is 4. The Morgan fingerprint density at radius 1 is 1.10 bits per heavy atom. The van der Waals surface area contributed by atoms with E-state index in [1.807, 2.05) is 35.6 Å². The molecule has 2 aliphatic rings. The van der Waals surface area contributed by atoms with Gasteiger partial charge >= 0.3 is 0 Å². The number of halogens is 1. The first-order valence-corrected chi connectivity index (χ1v) is 10.8. The van der Waals surface area contributed by atoms with Crippen molar-refractivity contribution >= 4 is 29.0 Å². The molecule has 3 heterocycles. The van der Waals surface area contributed by atoms with Gasteiger partial charge in [-0.05, 0) is 50.1 Å². The quantitative estimate of drug-likeness (QED) is 0.743. The second kappa shape index (κ2) is 8.56. The summed E-state index contributed by atoms with van der Waals surface area (Å²) >= 11 is 6.27. The first-order valence-electron chi connectivity index (χ1n) is 10.4. The van der Waals surface area contributed by atoms with Gasteiger partial charge in [-0.15, -0.1) is 0 Å². The molecule has 1 aromatic heterocycles. The molecule has 0 saturated carbocycles. The number of aryl methyl sites for hydroxylation is 2. The van der Waals surface area contributed by atoms with E-state index in [0.29, 0.717) is 23.7 Å². The second-order valence-corrected chi connectivity index (χ2v) is 8.34. The van der Waals surface area contributed by atoms with E-state index in [9.17, 15) is 4.79 Å². The lowest BCUT2D eigenvalue weighted by Crippen LogP contribution is -2.49. The Morgan fingerprint density at radius 3 is 2.53 bits per heavy atom. The number of hydrogen-bond donors (Lipinski definition) is 0. The van der Waals surface area contributed by atoms with Gasteiger partial charge in [-0.2, -0.15) is 0 Å². The highest BCUT2D eigenvalue weighted by Gasteiger charge is 2.27. The van der Waals surface area contributed by atoms with Gasteiger partial charge in [0, 0.05) is 56.3 Å². The van der Waals surface area contributed by atoms with Crippen molar-refractivity contribution in [2.45, 2.75) is 20.8 Å². The van der Waals surface area contributed by atoms with Crippen LogP contribution in [0.1, 0.15) is 28.4 Å². The van der Waals surface area contributed by atoms with Gasteiger partial charge < -0.3 is 19.6 Å². The van der Waals surface area contributed by atoms with Crippen molar-refractivity contribution in [2.24, 2.45) is 0 Å². The van der Waals surface area contributed by atoms with Gasteiger partial charge in [0.05, 0.1) is 17.9 Å². The molecule has 0 spiro atoms. The van der Waals surface area contributed by atoms with E-state index in [1.54, 1.807) is 6.07 Å². The van der Waals surface area contributed by atoms with Crippen LogP contribution < -0.4 is 9.80 Å². The Labute approximate surface area is 183 Å². The minimum absolute atomic E-state index is 0.0539. The molecule has 1 fully saturated rings. The smallest absolute Gasteiger partial charge is 0.256 e. The molecule has 0 atom stereocenters. The van der Waals surface area contributed by atoms with Crippen LogP contribution in [0.2, 0.25) is 5.02 Å². The number of pyridine rings is 1. The van der Waals surface area contributed by atoms with Crippen LogP contribution in [0.4, 0.5) is 11.5 Å². The Hall–Kier alpha value is -2.73. The van der Waals surface area contributed by atoms with Gasteiger partial charge in [-0.3, -0.25) is 4.79 Å². The molecule has 30 heavy (non-hydrogen) atoms. The summed E-state index contributed by atoms with van der Waals surface area (Å²) in [5.74, 6) is 1.07. The predicted octanol–water partition coefficient (Wildman–Crippen LogP) is 3.88. The molecule has 2 aromatic rings. The minimum atomic E-state index is 0.0539. The molecule has 0 bridgehead atoms. The van der Waals surface area contributed by atoms with E-state index in [2.05, 4.69) is 46.5 Å². The average molecular weight is 426 g/mol. The van der Waals surface area contributed by atoms with Crippen LogP contribution >= 0.6 is 11.6 Å². The first kappa shape index (κ1) is 20.5. The van der Waals surface area contributed by atoms with Gasteiger partial charge in [-0.1, -0.05) is 17.7 Å². The second-order valence-electron chi connectivity index (χ2n) is 7.91. The third kappa shape index (κ3) is 4.10. The first-order chi connectivity index (χ1) is 14.5. The zero-order valence-corrected chi connectivity index (χ0v) is 18.6. The third-order valence-electron chi connectivity index (χ3n) is 5.75. The fourth-order valence-electron chi connectivity index (χ4n) is 4.08. The zero-order valence-electron chi connectivity index (χ0n) is 17.8. The molecule has 0 N–H and O–H groups in total. The highest BCUT2D eigenvalue weighted by Crippen LogP contribution is 2.29. The van der Waals surface area contributed by atoms with E-state index < -0.39 is 0 Å². The molecular weight excluding hydrogens is 398 g/mol. The Kier molecular flexibility index (Phi) is 5.86. The van der Waals surface area contributed by atoms with Crippen LogP contribution in [0.3, 0.4) is 0 Å². The molecule has 1 amide bonds. The van der Waals surface area contributed by atoms with E-state index in [4.69, 9.17) is 11.6 Å². The van der Waals surface area contributed by atoms with E-state index >= 15 is 0 Å². The van der Waals surface area contributed by atoms with Crippen molar-refractivity contribution < 1.29 is 4.79 Å². The zero-order chi connectivity index (χ0) is 21.3. The summed E-state index contributed by atoms with van der Waals surface area (Å²) in [5.41, 5.74) is 3.90. The largest absolute Gasteiger partial charge is 0.359 e. The molecule has 0 radical (unpaired) electrons. The average Bonchev–Trinajstić information content (AvgIpc) is 3.23. The summed E-state index contributed by atoms with van der Waals surface area (Å²) in [5, 5.41) is 0.635. The number of piperazine rings is 1. The Morgan fingerprint density at radius 2 is 1.87 bits per heavy atom. The molecule has 6 nitrogen and oxygen atoms in total. The van der Waals surface area contributed by atoms with Crippen molar-refractivity contribution in [2.75, 3.05) is 49.2 Å². The number of amides is 1.